The lowest BCUT2D eigenvalue weighted by Gasteiger charge is -2.35. The highest BCUT2D eigenvalue weighted by atomic mass is 32.1. The lowest BCUT2D eigenvalue weighted by atomic mass is 9.92. The fourth-order valence-corrected chi connectivity index (χ4v) is 5.31. The number of nitrogens with zero attached hydrogens (tertiary/aromatic N) is 3. The van der Waals surface area contributed by atoms with Gasteiger partial charge >= 0.3 is 0 Å². The predicted octanol–water partition coefficient (Wildman–Crippen LogP) is 2.92. The van der Waals surface area contributed by atoms with Crippen LogP contribution in [0.4, 0.5) is 0 Å². The minimum Gasteiger partial charge on any atom is -0.378 e. The predicted molar refractivity (Wildman–Crippen MR) is 98.4 cm³/mol. The van der Waals surface area contributed by atoms with Gasteiger partial charge in [0.25, 0.3) is 0 Å². The van der Waals surface area contributed by atoms with Crippen LogP contribution in [-0.2, 0) is 16.1 Å². The van der Waals surface area contributed by atoms with Crippen molar-refractivity contribution in [2.24, 2.45) is 5.41 Å². The van der Waals surface area contributed by atoms with Gasteiger partial charge in [-0.05, 0) is 51.0 Å². The van der Waals surface area contributed by atoms with Gasteiger partial charge in [-0.2, -0.15) is 0 Å². The first kappa shape index (κ1) is 17.4. The zero-order chi connectivity index (χ0) is 17.3. The van der Waals surface area contributed by atoms with Crippen molar-refractivity contribution in [3.8, 4) is 0 Å². The van der Waals surface area contributed by atoms with Gasteiger partial charge in [-0.25, -0.2) is 4.98 Å². The molecule has 0 radical (unpaired) electrons. The summed E-state index contributed by atoms with van der Waals surface area (Å²) in [6, 6.07) is 0.662. The van der Waals surface area contributed by atoms with Crippen molar-refractivity contribution in [1.29, 1.82) is 0 Å². The van der Waals surface area contributed by atoms with Crippen LogP contribution in [0.5, 0.6) is 0 Å². The Morgan fingerprint density at radius 1 is 1.44 bits per heavy atom. The molecule has 1 aromatic rings. The number of carbonyl (C=O) groups excluding carboxylic acids is 1. The number of carbonyl (C=O) groups is 1. The third kappa shape index (κ3) is 3.91. The van der Waals surface area contributed by atoms with Gasteiger partial charge in [-0.3, -0.25) is 9.69 Å². The Kier molecular flexibility index (Phi) is 5.11. The van der Waals surface area contributed by atoms with Crippen LogP contribution in [-0.4, -0.2) is 59.6 Å². The molecule has 1 aromatic heterocycles. The van der Waals surface area contributed by atoms with E-state index in [-0.39, 0.29) is 6.10 Å². The Bertz CT molecular complexity index is 577. The van der Waals surface area contributed by atoms with Crippen LogP contribution in [0.2, 0.25) is 0 Å². The summed E-state index contributed by atoms with van der Waals surface area (Å²) in [6.45, 7) is 3.63. The number of ether oxygens (including phenoxy) is 1. The molecule has 0 unspecified atom stereocenters. The molecule has 2 atom stereocenters. The van der Waals surface area contributed by atoms with E-state index < -0.39 is 0 Å². The smallest absolute Gasteiger partial charge is 0.225 e. The zero-order valence-corrected chi connectivity index (χ0v) is 16.0. The Morgan fingerprint density at radius 2 is 2.28 bits per heavy atom. The van der Waals surface area contributed by atoms with Crippen molar-refractivity contribution in [1.82, 2.24) is 14.8 Å². The molecule has 0 N–H and O–H groups in total. The third-order valence-electron chi connectivity index (χ3n) is 6.34. The van der Waals surface area contributed by atoms with E-state index in [1.165, 1.54) is 17.8 Å². The van der Waals surface area contributed by atoms with E-state index in [2.05, 4.69) is 21.8 Å². The van der Waals surface area contributed by atoms with Gasteiger partial charge in [0.05, 0.1) is 19.1 Å². The molecule has 1 saturated carbocycles. The molecule has 5 nitrogen and oxygen atoms in total. The minimum absolute atomic E-state index is 0.162. The maximum Gasteiger partial charge on any atom is 0.225 e. The molecule has 3 fully saturated rings. The number of aromatic nitrogens is 1. The number of rotatable bonds is 5. The van der Waals surface area contributed by atoms with E-state index in [4.69, 9.17) is 4.74 Å². The monoisotopic (exact) mass is 363 g/mol. The van der Waals surface area contributed by atoms with Crippen molar-refractivity contribution >= 4 is 17.2 Å². The van der Waals surface area contributed by atoms with Gasteiger partial charge in [0.15, 0.2) is 0 Å². The molecule has 2 saturated heterocycles. The first-order chi connectivity index (χ1) is 12.2. The molecule has 1 aliphatic carbocycles. The summed E-state index contributed by atoms with van der Waals surface area (Å²) >= 11 is 1.73. The highest BCUT2D eigenvalue weighted by Crippen LogP contribution is 2.56. The van der Waals surface area contributed by atoms with Crippen LogP contribution in [0.3, 0.4) is 0 Å². The number of amides is 1. The average Bonchev–Trinajstić information content (AvgIpc) is 3.08. The van der Waals surface area contributed by atoms with Crippen molar-refractivity contribution < 1.29 is 9.53 Å². The van der Waals surface area contributed by atoms with E-state index in [0.29, 0.717) is 23.8 Å². The van der Waals surface area contributed by atoms with Crippen LogP contribution >= 0.6 is 11.3 Å². The Morgan fingerprint density at radius 3 is 2.96 bits per heavy atom. The number of piperidine rings is 1. The molecule has 138 valence electrons. The standard InChI is InChI=1S/C19H29N3O2S/c1-21(14-17-20-7-11-25-17)16-13-19(16)5-8-22(9-6-19)18(23)12-15-4-2-3-10-24-15/h7,11,15-16H,2-6,8-10,12-14H2,1H3/t15-,16+/m0/s1. The Balaban J connectivity index is 1.24. The number of thiazole rings is 1. The summed E-state index contributed by atoms with van der Waals surface area (Å²) in [5, 5.41) is 3.25. The molecule has 0 bridgehead atoms. The molecule has 0 aromatic carbocycles. The van der Waals surface area contributed by atoms with E-state index in [1.807, 2.05) is 11.6 Å². The van der Waals surface area contributed by atoms with E-state index >= 15 is 0 Å². The zero-order valence-electron chi connectivity index (χ0n) is 15.2. The first-order valence-electron chi connectivity index (χ1n) is 9.64. The molecular weight excluding hydrogens is 334 g/mol. The molecule has 6 heteroatoms. The molecule has 2 aliphatic heterocycles. The topological polar surface area (TPSA) is 45.7 Å². The number of likely N-dealkylation sites (tertiary alicyclic amines) is 1. The highest BCUT2D eigenvalue weighted by Gasteiger charge is 2.56. The van der Waals surface area contributed by atoms with Crippen LogP contribution in [0, 0.1) is 5.41 Å². The van der Waals surface area contributed by atoms with Crippen molar-refractivity contribution in [3.63, 3.8) is 0 Å². The SMILES string of the molecule is CN(Cc1nccs1)[C@@H]1CC12CCN(C(=O)C[C@@H]1CCCCO1)CC2. The molecular formula is C19H29N3O2S. The lowest BCUT2D eigenvalue weighted by molar-refractivity contribution is -0.136. The summed E-state index contributed by atoms with van der Waals surface area (Å²) in [7, 11) is 2.22. The summed E-state index contributed by atoms with van der Waals surface area (Å²) in [5.74, 6) is 0.301. The fourth-order valence-electron chi connectivity index (χ4n) is 4.64. The molecule has 25 heavy (non-hydrogen) atoms. The second-order valence-electron chi connectivity index (χ2n) is 8.00. The second kappa shape index (κ2) is 7.33. The fraction of sp³-hybridized carbons (Fsp3) is 0.789. The molecule has 1 spiro atoms. The van der Waals surface area contributed by atoms with E-state index in [0.717, 1.165) is 51.9 Å². The summed E-state index contributed by atoms with van der Waals surface area (Å²) in [5.41, 5.74) is 0.449. The lowest BCUT2D eigenvalue weighted by Crippen LogP contribution is -2.42. The second-order valence-corrected chi connectivity index (χ2v) is 8.98. The number of hydrogen-bond acceptors (Lipinski definition) is 5. The third-order valence-corrected chi connectivity index (χ3v) is 7.10. The van der Waals surface area contributed by atoms with E-state index in [9.17, 15) is 4.79 Å². The first-order valence-corrected chi connectivity index (χ1v) is 10.5. The highest BCUT2D eigenvalue weighted by molar-refractivity contribution is 7.09. The maximum absolute atomic E-state index is 12.6. The van der Waals surface area contributed by atoms with Crippen molar-refractivity contribution in [2.45, 2.75) is 63.6 Å². The molecule has 3 heterocycles. The molecule has 3 aliphatic rings. The van der Waals surface area contributed by atoms with Gasteiger partial charge in [-0.1, -0.05) is 0 Å². The van der Waals surface area contributed by atoms with E-state index in [1.54, 1.807) is 11.3 Å². The minimum atomic E-state index is 0.162. The average molecular weight is 364 g/mol. The largest absolute Gasteiger partial charge is 0.378 e. The van der Waals surface area contributed by atoms with Gasteiger partial charge in [0, 0.05) is 37.3 Å². The quantitative estimate of drug-likeness (QED) is 0.807. The van der Waals surface area contributed by atoms with Crippen molar-refractivity contribution in [3.05, 3.63) is 16.6 Å². The van der Waals surface area contributed by atoms with Crippen LogP contribution in [0.15, 0.2) is 11.6 Å². The Hall–Kier alpha value is -0.980. The Labute approximate surface area is 154 Å². The summed E-state index contributed by atoms with van der Waals surface area (Å²) in [6.07, 6.45) is 9.61. The molecule has 4 rings (SSSR count). The van der Waals surface area contributed by atoms with Crippen LogP contribution in [0.1, 0.15) is 50.0 Å². The summed E-state index contributed by atoms with van der Waals surface area (Å²) < 4.78 is 5.73. The van der Waals surface area contributed by atoms with Gasteiger partial charge in [0.1, 0.15) is 5.01 Å². The van der Waals surface area contributed by atoms with Gasteiger partial charge in [-0.15, -0.1) is 11.3 Å². The van der Waals surface area contributed by atoms with Crippen LogP contribution in [0.25, 0.3) is 0 Å². The van der Waals surface area contributed by atoms with Gasteiger partial charge in [0.2, 0.25) is 5.91 Å². The van der Waals surface area contributed by atoms with Crippen LogP contribution < -0.4 is 0 Å². The van der Waals surface area contributed by atoms with Gasteiger partial charge < -0.3 is 9.64 Å². The summed E-state index contributed by atoms with van der Waals surface area (Å²) in [4.78, 5) is 21.5. The maximum atomic E-state index is 12.6. The number of hydrogen-bond donors (Lipinski definition) is 0. The van der Waals surface area contributed by atoms with Crippen molar-refractivity contribution in [2.75, 3.05) is 26.7 Å². The molecule has 1 amide bonds. The normalized spacial score (nSPS) is 28.5.